The van der Waals surface area contributed by atoms with Gasteiger partial charge in [-0.25, -0.2) is 9.36 Å². The molecule has 176 valence electrons. The highest BCUT2D eigenvalue weighted by Crippen LogP contribution is 2.31. The SMILES string of the molecule is CC[C@@H](C(=O)Nc1cccc(C(F)(F)F)c1)n1nc(C)c2nn(-c3ccccc3)c(C)c2c1=O. The van der Waals surface area contributed by atoms with Crippen molar-refractivity contribution in [2.45, 2.75) is 39.4 Å². The van der Waals surface area contributed by atoms with Crippen LogP contribution in [0.25, 0.3) is 16.6 Å². The van der Waals surface area contributed by atoms with Crippen LogP contribution in [0.15, 0.2) is 59.4 Å². The van der Waals surface area contributed by atoms with Crippen LogP contribution >= 0.6 is 0 Å². The minimum atomic E-state index is -4.54. The quantitative estimate of drug-likeness (QED) is 0.455. The Hall–Kier alpha value is -3.95. The van der Waals surface area contributed by atoms with Crippen molar-refractivity contribution in [3.63, 3.8) is 0 Å². The molecular formula is C24H22F3N5O2. The number of hydrogen-bond donors (Lipinski definition) is 1. The Kier molecular flexibility index (Phi) is 5.99. The smallest absolute Gasteiger partial charge is 0.324 e. The summed E-state index contributed by atoms with van der Waals surface area (Å²) < 4.78 is 41.8. The molecule has 34 heavy (non-hydrogen) atoms. The van der Waals surface area contributed by atoms with Gasteiger partial charge in [0, 0.05) is 5.69 Å². The summed E-state index contributed by atoms with van der Waals surface area (Å²) in [4.78, 5) is 26.4. The van der Waals surface area contributed by atoms with Gasteiger partial charge in [-0.15, -0.1) is 0 Å². The van der Waals surface area contributed by atoms with Crippen molar-refractivity contribution in [3.8, 4) is 5.69 Å². The molecule has 4 rings (SSSR count). The Morgan fingerprint density at radius 2 is 1.76 bits per heavy atom. The third-order valence-electron chi connectivity index (χ3n) is 5.58. The number of aromatic nitrogens is 4. The van der Waals surface area contributed by atoms with Gasteiger partial charge >= 0.3 is 6.18 Å². The first-order valence-electron chi connectivity index (χ1n) is 10.6. The van der Waals surface area contributed by atoms with Gasteiger partial charge in [-0.2, -0.15) is 23.4 Å². The van der Waals surface area contributed by atoms with E-state index in [9.17, 15) is 22.8 Å². The summed E-state index contributed by atoms with van der Waals surface area (Å²) in [5.74, 6) is -0.636. The van der Waals surface area contributed by atoms with Crippen LogP contribution in [0.4, 0.5) is 18.9 Å². The predicted octanol–water partition coefficient (Wildman–Crippen LogP) is 4.81. The summed E-state index contributed by atoms with van der Waals surface area (Å²) in [7, 11) is 0. The monoisotopic (exact) mass is 469 g/mol. The summed E-state index contributed by atoms with van der Waals surface area (Å²) in [6, 6.07) is 12.6. The Labute approximate surface area is 192 Å². The molecule has 0 spiro atoms. The van der Waals surface area contributed by atoms with Crippen molar-refractivity contribution in [2.75, 3.05) is 5.32 Å². The maximum Gasteiger partial charge on any atom is 0.416 e. The maximum absolute atomic E-state index is 13.4. The number of carbonyl (C=O) groups excluding carboxylic acids is 1. The molecule has 1 amide bonds. The zero-order chi connectivity index (χ0) is 24.6. The number of anilines is 1. The fraction of sp³-hybridized carbons (Fsp3) is 0.250. The summed E-state index contributed by atoms with van der Waals surface area (Å²) >= 11 is 0. The van der Waals surface area contributed by atoms with Gasteiger partial charge < -0.3 is 5.32 Å². The number of hydrogen-bond acceptors (Lipinski definition) is 4. The second kappa shape index (κ2) is 8.77. The van der Waals surface area contributed by atoms with Crippen molar-refractivity contribution in [1.29, 1.82) is 0 Å². The first-order valence-corrected chi connectivity index (χ1v) is 10.6. The van der Waals surface area contributed by atoms with Gasteiger partial charge in [-0.05, 0) is 50.6 Å². The van der Waals surface area contributed by atoms with E-state index in [1.165, 1.54) is 12.1 Å². The van der Waals surface area contributed by atoms with Crippen LogP contribution < -0.4 is 10.9 Å². The van der Waals surface area contributed by atoms with E-state index < -0.39 is 29.2 Å². The number of carbonyl (C=O) groups is 1. The normalized spacial score (nSPS) is 12.6. The number of fused-ring (bicyclic) bond motifs is 1. The summed E-state index contributed by atoms with van der Waals surface area (Å²) in [6.45, 7) is 5.15. The Balaban J connectivity index is 1.75. The molecule has 0 radical (unpaired) electrons. The van der Waals surface area contributed by atoms with Gasteiger partial charge in [0.2, 0.25) is 5.91 Å². The fourth-order valence-electron chi connectivity index (χ4n) is 3.88. The van der Waals surface area contributed by atoms with E-state index in [4.69, 9.17) is 0 Å². The molecule has 0 fully saturated rings. The molecule has 0 bridgehead atoms. The Morgan fingerprint density at radius 1 is 1.06 bits per heavy atom. The molecule has 0 aliphatic carbocycles. The zero-order valence-corrected chi connectivity index (χ0v) is 18.7. The highest BCUT2D eigenvalue weighted by molar-refractivity contribution is 5.94. The zero-order valence-electron chi connectivity index (χ0n) is 18.7. The molecular weight excluding hydrogens is 447 g/mol. The number of nitrogens with zero attached hydrogens (tertiary/aromatic N) is 4. The van der Waals surface area contributed by atoms with Gasteiger partial charge in [0.05, 0.1) is 28.0 Å². The van der Waals surface area contributed by atoms with E-state index in [1.807, 2.05) is 30.3 Å². The van der Waals surface area contributed by atoms with Crippen molar-refractivity contribution in [1.82, 2.24) is 19.6 Å². The molecule has 1 atom stereocenters. The van der Waals surface area contributed by atoms with Gasteiger partial charge in [0.1, 0.15) is 11.6 Å². The average molecular weight is 469 g/mol. The number of nitrogens with one attached hydrogen (secondary N) is 1. The number of halogens is 3. The molecule has 1 N–H and O–H groups in total. The van der Waals surface area contributed by atoms with E-state index in [0.717, 1.165) is 22.5 Å². The van der Waals surface area contributed by atoms with Gasteiger partial charge in [0.25, 0.3) is 5.56 Å². The molecule has 7 nitrogen and oxygen atoms in total. The molecule has 0 saturated carbocycles. The maximum atomic E-state index is 13.4. The van der Waals surface area contributed by atoms with Crippen molar-refractivity contribution in [3.05, 3.63) is 81.9 Å². The minimum Gasteiger partial charge on any atom is -0.324 e. The Bertz CT molecular complexity index is 1420. The molecule has 2 aromatic carbocycles. The lowest BCUT2D eigenvalue weighted by Gasteiger charge is -2.18. The van der Waals surface area contributed by atoms with Crippen LogP contribution in [-0.4, -0.2) is 25.5 Å². The number of benzene rings is 2. The second-order valence-corrected chi connectivity index (χ2v) is 7.88. The molecule has 0 aliphatic rings. The third-order valence-corrected chi connectivity index (χ3v) is 5.58. The minimum absolute atomic E-state index is 0.0165. The van der Waals surface area contributed by atoms with E-state index in [0.29, 0.717) is 22.3 Å². The van der Waals surface area contributed by atoms with Gasteiger partial charge in [-0.3, -0.25) is 9.59 Å². The first-order chi connectivity index (χ1) is 16.1. The predicted molar refractivity (Wildman–Crippen MR) is 122 cm³/mol. The van der Waals surface area contributed by atoms with Crippen molar-refractivity contribution in [2.24, 2.45) is 0 Å². The highest BCUT2D eigenvalue weighted by atomic mass is 19.4. The average Bonchev–Trinajstić information content (AvgIpc) is 3.16. The lowest BCUT2D eigenvalue weighted by Crippen LogP contribution is -2.35. The first kappa shape index (κ1) is 23.2. The largest absolute Gasteiger partial charge is 0.416 e. The highest BCUT2D eigenvalue weighted by Gasteiger charge is 2.31. The van der Waals surface area contributed by atoms with Crippen molar-refractivity contribution < 1.29 is 18.0 Å². The standard InChI is InChI=1S/C24H22F3N5O2/c1-4-19(22(33)28-17-10-8-9-16(13-17)24(25,26)27)32-23(34)20-15(3)31(18-11-6-5-7-12-18)30-21(20)14(2)29-32/h5-13,19H,4H2,1-3H3,(H,28,33)/t19-/m0/s1. The number of alkyl halides is 3. The van der Waals surface area contributed by atoms with Gasteiger partial charge in [-0.1, -0.05) is 31.2 Å². The van der Waals surface area contributed by atoms with E-state index >= 15 is 0 Å². The fourth-order valence-corrected chi connectivity index (χ4v) is 3.88. The van der Waals surface area contributed by atoms with Crippen LogP contribution in [0.2, 0.25) is 0 Å². The number of aryl methyl sites for hydroxylation is 2. The second-order valence-electron chi connectivity index (χ2n) is 7.88. The van der Waals surface area contributed by atoms with E-state index in [1.54, 1.807) is 25.5 Å². The van der Waals surface area contributed by atoms with Crippen LogP contribution in [0.3, 0.4) is 0 Å². The lowest BCUT2D eigenvalue weighted by molar-refractivity contribution is -0.137. The summed E-state index contributed by atoms with van der Waals surface area (Å²) in [5.41, 5.74) is 0.862. The Morgan fingerprint density at radius 3 is 2.41 bits per heavy atom. The lowest BCUT2D eigenvalue weighted by atomic mass is 10.1. The summed E-state index contributed by atoms with van der Waals surface area (Å²) in [5, 5.41) is 11.7. The van der Waals surface area contributed by atoms with Crippen LogP contribution in [0.5, 0.6) is 0 Å². The number of rotatable bonds is 5. The molecule has 4 aromatic rings. The third kappa shape index (κ3) is 4.18. The van der Waals surface area contributed by atoms with Gasteiger partial charge in [0.15, 0.2) is 0 Å². The van der Waals surface area contributed by atoms with Crippen LogP contribution in [0.1, 0.15) is 36.3 Å². The van der Waals surface area contributed by atoms with Crippen molar-refractivity contribution >= 4 is 22.5 Å². The van der Waals surface area contributed by atoms with Crippen LogP contribution in [0, 0.1) is 13.8 Å². The van der Waals surface area contributed by atoms with E-state index in [2.05, 4.69) is 15.5 Å². The topological polar surface area (TPSA) is 81.8 Å². The molecule has 0 aliphatic heterocycles. The molecule has 0 saturated heterocycles. The summed E-state index contributed by atoms with van der Waals surface area (Å²) in [6.07, 6.45) is -4.34. The number of amides is 1. The molecule has 0 unspecified atom stereocenters. The molecule has 10 heteroatoms. The number of para-hydroxylation sites is 1. The molecule has 2 aromatic heterocycles. The van der Waals surface area contributed by atoms with Crippen LogP contribution in [-0.2, 0) is 11.0 Å². The molecule has 2 heterocycles. The van der Waals surface area contributed by atoms with E-state index in [-0.39, 0.29) is 12.1 Å².